The summed E-state index contributed by atoms with van der Waals surface area (Å²) >= 11 is 0. The lowest BCUT2D eigenvalue weighted by molar-refractivity contribution is -0.167. The maximum Gasteiger partial charge on any atom is 0.471 e. The van der Waals surface area contributed by atoms with Crippen LogP contribution in [0.1, 0.15) is 18.2 Å². The molecule has 2 rings (SSSR count). The second kappa shape index (κ2) is 7.60. The minimum Gasteiger partial charge on any atom is -0.316 e. The zero-order valence-electron chi connectivity index (χ0n) is 13.1. The van der Waals surface area contributed by atoms with Gasteiger partial charge in [0.05, 0.1) is 11.9 Å². The number of carbonyl (C=O) groups excluding carboxylic acids is 2. The molecule has 6 nitrogen and oxygen atoms in total. The Hall–Kier alpha value is -3.48. The number of nitrogens with one attached hydrogen (secondary N) is 2. The highest BCUT2D eigenvalue weighted by molar-refractivity contribution is 5.95. The highest BCUT2D eigenvalue weighted by Gasteiger charge is 2.39. The first-order chi connectivity index (χ1) is 12.1. The second-order valence-electron chi connectivity index (χ2n) is 4.86. The van der Waals surface area contributed by atoms with E-state index < -0.39 is 23.6 Å². The van der Waals surface area contributed by atoms with Gasteiger partial charge in [-0.15, -0.1) is 0 Å². The molecule has 10 heteroatoms. The van der Waals surface area contributed by atoms with Crippen LogP contribution >= 0.6 is 0 Å². The molecule has 26 heavy (non-hydrogen) atoms. The van der Waals surface area contributed by atoms with Crippen molar-refractivity contribution in [3.63, 3.8) is 0 Å². The van der Waals surface area contributed by atoms with E-state index in [4.69, 9.17) is 0 Å². The average Bonchev–Trinajstić information content (AvgIpc) is 2.53. The van der Waals surface area contributed by atoms with Gasteiger partial charge in [0.15, 0.2) is 0 Å². The minimum absolute atomic E-state index is 0.224. The van der Waals surface area contributed by atoms with Gasteiger partial charge < -0.3 is 10.6 Å². The quantitative estimate of drug-likeness (QED) is 0.632. The molecule has 2 amide bonds. The molecule has 0 atom stereocenters. The van der Waals surface area contributed by atoms with Crippen LogP contribution in [0.15, 0.2) is 30.6 Å². The largest absolute Gasteiger partial charge is 0.471 e. The molecule has 0 bridgehead atoms. The third-order valence-electron chi connectivity index (χ3n) is 2.75. The number of aromatic nitrogens is 2. The summed E-state index contributed by atoms with van der Waals surface area (Å²) in [5.74, 6) is 1.69. The Morgan fingerprint density at radius 2 is 1.85 bits per heavy atom. The third kappa shape index (κ3) is 5.27. The van der Waals surface area contributed by atoms with Gasteiger partial charge in [0.25, 0.3) is 0 Å². The Balaban J connectivity index is 2.32. The predicted octanol–water partition coefficient (Wildman–Crippen LogP) is 2.47. The molecule has 0 saturated carbocycles. The zero-order valence-corrected chi connectivity index (χ0v) is 13.1. The lowest BCUT2D eigenvalue weighted by Crippen LogP contribution is -2.30. The highest BCUT2D eigenvalue weighted by Crippen LogP contribution is 2.20. The van der Waals surface area contributed by atoms with Crippen molar-refractivity contribution in [2.24, 2.45) is 0 Å². The first kappa shape index (κ1) is 18.9. The number of rotatable bonds is 2. The van der Waals surface area contributed by atoms with Gasteiger partial charge in [0.2, 0.25) is 5.91 Å². The van der Waals surface area contributed by atoms with E-state index in [9.17, 15) is 27.2 Å². The van der Waals surface area contributed by atoms with Crippen molar-refractivity contribution in [3.8, 4) is 11.8 Å². The molecular weight excluding hydrogens is 356 g/mol. The minimum atomic E-state index is -5.14. The summed E-state index contributed by atoms with van der Waals surface area (Å²) in [5.41, 5.74) is -0.416. The molecular formula is C16H10F4N4O2. The molecule has 0 aromatic carbocycles. The summed E-state index contributed by atoms with van der Waals surface area (Å²) in [5, 5.41) is 3.97. The molecule has 2 heterocycles. The molecule has 0 unspecified atom stereocenters. The van der Waals surface area contributed by atoms with Crippen LogP contribution in [0.3, 0.4) is 0 Å². The number of anilines is 2. The first-order valence-electron chi connectivity index (χ1n) is 6.94. The van der Waals surface area contributed by atoms with E-state index in [0.717, 1.165) is 6.20 Å². The van der Waals surface area contributed by atoms with Crippen LogP contribution in [0.5, 0.6) is 0 Å². The number of carbonyl (C=O) groups is 2. The van der Waals surface area contributed by atoms with Gasteiger partial charge in [0, 0.05) is 24.8 Å². The van der Waals surface area contributed by atoms with E-state index in [1.54, 1.807) is 0 Å². The number of halogens is 4. The summed E-state index contributed by atoms with van der Waals surface area (Å²) in [7, 11) is 0. The van der Waals surface area contributed by atoms with Crippen LogP contribution in [-0.2, 0) is 9.59 Å². The smallest absolute Gasteiger partial charge is 0.316 e. The number of hydrogen-bond acceptors (Lipinski definition) is 4. The van der Waals surface area contributed by atoms with Crippen LogP contribution in [0.4, 0.5) is 29.1 Å². The van der Waals surface area contributed by atoms with Crippen LogP contribution in [0.2, 0.25) is 0 Å². The maximum atomic E-state index is 13.2. The Labute approximate surface area is 144 Å². The molecule has 0 radical (unpaired) electrons. The van der Waals surface area contributed by atoms with E-state index in [0.29, 0.717) is 11.6 Å². The van der Waals surface area contributed by atoms with E-state index in [-0.39, 0.29) is 17.4 Å². The number of alkyl halides is 3. The Morgan fingerprint density at radius 1 is 1.12 bits per heavy atom. The Morgan fingerprint density at radius 3 is 2.50 bits per heavy atom. The van der Waals surface area contributed by atoms with Crippen molar-refractivity contribution in [1.29, 1.82) is 0 Å². The summed E-state index contributed by atoms with van der Waals surface area (Å²) in [6.45, 7) is 1.29. The molecule has 0 aliphatic rings. The topological polar surface area (TPSA) is 84.0 Å². The van der Waals surface area contributed by atoms with Crippen molar-refractivity contribution in [1.82, 2.24) is 9.97 Å². The maximum absolute atomic E-state index is 13.2. The van der Waals surface area contributed by atoms with Gasteiger partial charge in [-0.1, -0.05) is 5.92 Å². The van der Waals surface area contributed by atoms with E-state index >= 15 is 0 Å². The summed E-state index contributed by atoms with van der Waals surface area (Å²) in [6, 6.07) is 3.58. The van der Waals surface area contributed by atoms with Crippen molar-refractivity contribution < 1.29 is 27.2 Å². The fourth-order valence-corrected chi connectivity index (χ4v) is 1.72. The van der Waals surface area contributed by atoms with Gasteiger partial charge in [-0.2, -0.15) is 13.2 Å². The lowest BCUT2D eigenvalue weighted by Gasteiger charge is -2.09. The fraction of sp³-hybridized carbons (Fsp3) is 0.125. The van der Waals surface area contributed by atoms with Crippen LogP contribution in [-0.4, -0.2) is 28.0 Å². The summed E-state index contributed by atoms with van der Waals surface area (Å²) < 4.78 is 50.3. The van der Waals surface area contributed by atoms with Crippen LogP contribution in [0, 0.1) is 17.7 Å². The molecule has 134 valence electrons. The predicted molar refractivity (Wildman–Crippen MR) is 83.4 cm³/mol. The SMILES string of the molecule is CC(=O)Nc1cc(C#Cc2ncc(F)cc2NC(=O)C(F)(F)F)ccn1. The van der Waals surface area contributed by atoms with Gasteiger partial charge in [0.1, 0.15) is 17.3 Å². The molecule has 0 spiro atoms. The van der Waals surface area contributed by atoms with Crippen molar-refractivity contribution in [2.75, 3.05) is 10.6 Å². The molecule has 0 aliphatic heterocycles. The lowest BCUT2D eigenvalue weighted by atomic mass is 10.2. The molecule has 0 saturated heterocycles. The number of nitrogens with zero attached hydrogens (tertiary/aromatic N) is 2. The van der Waals surface area contributed by atoms with Gasteiger partial charge in [-0.3, -0.25) is 9.59 Å². The molecule has 0 fully saturated rings. The fourth-order valence-electron chi connectivity index (χ4n) is 1.72. The van der Waals surface area contributed by atoms with E-state index in [1.807, 2.05) is 0 Å². The standard InChI is InChI=1S/C16H10F4N4O2/c1-9(25)23-14-6-10(4-5-21-14)2-3-12-13(7-11(17)8-22-12)24-15(26)16(18,19)20/h4-8H,1H3,(H,24,26)(H,21,23,25). The number of pyridine rings is 2. The van der Waals surface area contributed by atoms with Gasteiger partial charge in [-0.25, -0.2) is 14.4 Å². The first-order valence-corrected chi connectivity index (χ1v) is 6.94. The zero-order chi connectivity index (χ0) is 19.3. The second-order valence-corrected chi connectivity index (χ2v) is 4.86. The van der Waals surface area contributed by atoms with Gasteiger partial charge >= 0.3 is 12.1 Å². The number of amides is 2. The highest BCUT2D eigenvalue weighted by atomic mass is 19.4. The van der Waals surface area contributed by atoms with Crippen LogP contribution in [0.25, 0.3) is 0 Å². The summed E-state index contributed by atoms with van der Waals surface area (Å²) in [4.78, 5) is 29.5. The monoisotopic (exact) mass is 366 g/mol. The Kier molecular flexibility index (Phi) is 5.51. The number of hydrogen-bond donors (Lipinski definition) is 2. The average molecular weight is 366 g/mol. The molecule has 0 aliphatic carbocycles. The van der Waals surface area contributed by atoms with Crippen molar-refractivity contribution in [3.05, 3.63) is 47.7 Å². The normalized spacial score (nSPS) is 10.5. The van der Waals surface area contributed by atoms with Gasteiger partial charge in [-0.05, 0) is 18.1 Å². The van der Waals surface area contributed by atoms with Crippen molar-refractivity contribution >= 4 is 23.3 Å². The van der Waals surface area contributed by atoms with Crippen molar-refractivity contribution in [2.45, 2.75) is 13.1 Å². The van der Waals surface area contributed by atoms with E-state index in [2.05, 4.69) is 27.1 Å². The van der Waals surface area contributed by atoms with Crippen LogP contribution < -0.4 is 10.6 Å². The van der Waals surface area contributed by atoms with E-state index in [1.165, 1.54) is 30.6 Å². The summed E-state index contributed by atoms with van der Waals surface area (Å²) in [6.07, 6.45) is -3.03. The molecule has 2 aromatic rings. The third-order valence-corrected chi connectivity index (χ3v) is 2.75. The molecule has 2 aromatic heterocycles. The Bertz CT molecular complexity index is 916. The molecule has 2 N–H and O–H groups in total.